The molecule has 0 saturated carbocycles. The minimum atomic E-state index is -0.319. The highest BCUT2D eigenvalue weighted by Crippen LogP contribution is 2.31. The molecule has 0 aliphatic rings. The van der Waals surface area contributed by atoms with Gasteiger partial charge in [0, 0.05) is 5.56 Å². The third kappa shape index (κ3) is 3.23. The molecule has 0 radical (unpaired) electrons. The quantitative estimate of drug-likeness (QED) is 0.859. The topological polar surface area (TPSA) is 21.3 Å². The Morgan fingerprint density at radius 1 is 1.20 bits per heavy atom. The molecule has 0 fully saturated rings. The van der Waals surface area contributed by atoms with Gasteiger partial charge in [0.05, 0.1) is 23.9 Å². The van der Waals surface area contributed by atoms with E-state index in [1.807, 2.05) is 32.0 Å². The van der Waals surface area contributed by atoms with E-state index in [-0.39, 0.29) is 11.9 Å². The van der Waals surface area contributed by atoms with Crippen LogP contribution in [-0.4, -0.2) is 7.11 Å². The van der Waals surface area contributed by atoms with E-state index >= 15 is 0 Å². The van der Waals surface area contributed by atoms with Crippen LogP contribution in [0.25, 0.3) is 0 Å². The van der Waals surface area contributed by atoms with E-state index in [1.54, 1.807) is 7.11 Å². The average molecular weight is 294 g/mol. The Bertz CT molecular complexity index is 615. The van der Waals surface area contributed by atoms with Crippen molar-refractivity contribution in [1.29, 1.82) is 0 Å². The maximum Gasteiger partial charge on any atom is 0.125 e. The summed E-state index contributed by atoms with van der Waals surface area (Å²) >= 11 is 6.07. The molecule has 1 atom stereocenters. The van der Waals surface area contributed by atoms with Crippen LogP contribution < -0.4 is 10.1 Å². The molecule has 2 rings (SSSR count). The molecule has 106 valence electrons. The van der Waals surface area contributed by atoms with E-state index in [2.05, 4.69) is 5.32 Å². The molecular weight excluding hydrogens is 277 g/mol. The first-order valence-corrected chi connectivity index (χ1v) is 6.75. The van der Waals surface area contributed by atoms with Crippen molar-refractivity contribution >= 4 is 17.3 Å². The molecule has 0 aromatic heterocycles. The molecule has 20 heavy (non-hydrogen) atoms. The standard InChI is InChI=1S/C16H17ClFNO/c1-10-4-6-13(16(8-10)20-3)11(2)19-15-9-12(18)5-7-14(15)17/h4-9,11,19H,1-3H3. The lowest BCUT2D eigenvalue weighted by Crippen LogP contribution is -2.09. The van der Waals surface area contributed by atoms with Crippen LogP contribution in [-0.2, 0) is 0 Å². The molecule has 0 amide bonds. The lowest BCUT2D eigenvalue weighted by atomic mass is 10.0. The Morgan fingerprint density at radius 2 is 1.95 bits per heavy atom. The summed E-state index contributed by atoms with van der Waals surface area (Å²) in [5, 5.41) is 3.70. The van der Waals surface area contributed by atoms with Crippen LogP contribution in [0.5, 0.6) is 5.75 Å². The molecule has 0 bridgehead atoms. The van der Waals surface area contributed by atoms with E-state index in [0.717, 1.165) is 16.9 Å². The van der Waals surface area contributed by atoms with Gasteiger partial charge in [-0.1, -0.05) is 23.7 Å². The molecule has 1 unspecified atom stereocenters. The number of hydrogen-bond donors (Lipinski definition) is 1. The second-order valence-electron chi connectivity index (χ2n) is 4.74. The third-order valence-electron chi connectivity index (χ3n) is 3.16. The molecule has 4 heteroatoms. The van der Waals surface area contributed by atoms with Gasteiger partial charge in [-0.2, -0.15) is 0 Å². The Kier molecular flexibility index (Phi) is 4.50. The maximum atomic E-state index is 13.3. The molecule has 2 aromatic rings. The van der Waals surface area contributed by atoms with Crippen LogP contribution in [0, 0.1) is 12.7 Å². The molecule has 0 saturated heterocycles. The highest BCUT2D eigenvalue weighted by atomic mass is 35.5. The molecule has 0 aliphatic heterocycles. The van der Waals surface area contributed by atoms with Gasteiger partial charge in [0.25, 0.3) is 0 Å². The van der Waals surface area contributed by atoms with E-state index < -0.39 is 0 Å². The number of hydrogen-bond acceptors (Lipinski definition) is 2. The summed E-state index contributed by atoms with van der Waals surface area (Å²) in [5.41, 5.74) is 2.70. The summed E-state index contributed by atoms with van der Waals surface area (Å²) in [7, 11) is 1.64. The van der Waals surface area contributed by atoms with Crippen molar-refractivity contribution in [2.24, 2.45) is 0 Å². The zero-order valence-electron chi connectivity index (χ0n) is 11.7. The van der Waals surface area contributed by atoms with Gasteiger partial charge in [-0.25, -0.2) is 4.39 Å². The van der Waals surface area contributed by atoms with E-state index in [9.17, 15) is 4.39 Å². The van der Waals surface area contributed by atoms with Gasteiger partial charge in [0.15, 0.2) is 0 Å². The number of methoxy groups -OCH3 is 1. The number of anilines is 1. The number of nitrogens with one attached hydrogen (secondary N) is 1. The first kappa shape index (κ1) is 14.7. The van der Waals surface area contributed by atoms with Crippen molar-refractivity contribution in [3.05, 3.63) is 58.4 Å². The summed E-state index contributed by atoms with van der Waals surface area (Å²) in [6.07, 6.45) is 0. The summed E-state index contributed by atoms with van der Waals surface area (Å²) in [4.78, 5) is 0. The molecule has 0 spiro atoms. The number of benzene rings is 2. The largest absolute Gasteiger partial charge is 0.496 e. The summed E-state index contributed by atoms with van der Waals surface area (Å²) in [5.74, 6) is 0.484. The van der Waals surface area contributed by atoms with E-state index in [0.29, 0.717) is 10.7 Å². The van der Waals surface area contributed by atoms with Crippen LogP contribution in [0.3, 0.4) is 0 Å². The van der Waals surface area contributed by atoms with Gasteiger partial charge < -0.3 is 10.1 Å². The van der Waals surface area contributed by atoms with Crippen molar-refractivity contribution in [1.82, 2.24) is 0 Å². The fourth-order valence-corrected chi connectivity index (χ4v) is 2.27. The lowest BCUT2D eigenvalue weighted by molar-refractivity contribution is 0.407. The van der Waals surface area contributed by atoms with Crippen molar-refractivity contribution < 1.29 is 9.13 Å². The van der Waals surface area contributed by atoms with Gasteiger partial charge in [0.1, 0.15) is 11.6 Å². The fourth-order valence-electron chi connectivity index (χ4n) is 2.10. The summed E-state index contributed by atoms with van der Waals surface area (Å²) in [6.45, 7) is 3.99. The Balaban J connectivity index is 2.28. The van der Waals surface area contributed by atoms with Crippen molar-refractivity contribution in [2.45, 2.75) is 19.9 Å². The van der Waals surface area contributed by atoms with Gasteiger partial charge in [0.2, 0.25) is 0 Å². The molecule has 1 N–H and O–H groups in total. The number of rotatable bonds is 4. The normalized spacial score (nSPS) is 12.1. The van der Waals surface area contributed by atoms with E-state index in [1.165, 1.54) is 18.2 Å². The highest BCUT2D eigenvalue weighted by Gasteiger charge is 2.13. The Morgan fingerprint density at radius 3 is 2.65 bits per heavy atom. The van der Waals surface area contributed by atoms with Gasteiger partial charge >= 0.3 is 0 Å². The van der Waals surface area contributed by atoms with Crippen LogP contribution in [0.15, 0.2) is 36.4 Å². The first-order valence-electron chi connectivity index (χ1n) is 6.37. The monoisotopic (exact) mass is 293 g/mol. The van der Waals surface area contributed by atoms with Crippen molar-refractivity contribution in [2.75, 3.05) is 12.4 Å². The van der Waals surface area contributed by atoms with E-state index in [4.69, 9.17) is 16.3 Å². The molecular formula is C16H17ClFNO. The zero-order valence-corrected chi connectivity index (χ0v) is 12.5. The average Bonchev–Trinajstić information content (AvgIpc) is 2.42. The van der Waals surface area contributed by atoms with Crippen LogP contribution in [0.1, 0.15) is 24.1 Å². The molecule has 0 aliphatic carbocycles. The third-order valence-corrected chi connectivity index (χ3v) is 3.49. The fraction of sp³-hybridized carbons (Fsp3) is 0.250. The Labute approximate surface area is 123 Å². The molecule has 2 nitrogen and oxygen atoms in total. The van der Waals surface area contributed by atoms with Crippen molar-refractivity contribution in [3.63, 3.8) is 0 Å². The first-order chi connectivity index (χ1) is 9.51. The van der Waals surface area contributed by atoms with Gasteiger partial charge in [-0.3, -0.25) is 0 Å². The SMILES string of the molecule is COc1cc(C)ccc1C(C)Nc1cc(F)ccc1Cl. The smallest absolute Gasteiger partial charge is 0.125 e. The van der Waals surface area contributed by atoms with Crippen LogP contribution >= 0.6 is 11.6 Å². The number of ether oxygens (including phenoxy) is 1. The van der Waals surface area contributed by atoms with Crippen molar-refractivity contribution in [3.8, 4) is 5.75 Å². The number of aryl methyl sites for hydroxylation is 1. The molecule has 2 aromatic carbocycles. The lowest BCUT2D eigenvalue weighted by Gasteiger charge is -2.19. The Hall–Kier alpha value is -1.74. The summed E-state index contributed by atoms with van der Waals surface area (Å²) < 4.78 is 18.7. The second-order valence-corrected chi connectivity index (χ2v) is 5.14. The maximum absolute atomic E-state index is 13.3. The highest BCUT2D eigenvalue weighted by molar-refractivity contribution is 6.33. The minimum Gasteiger partial charge on any atom is -0.496 e. The van der Waals surface area contributed by atoms with Crippen LogP contribution in [0.4, 0.5) is 10.1 Å². The van der Waals surface area contributed by atoms with Crippen LogP contribution in [0.2, 0.25) is 5.02 Å². The van der Waals surface area contributed by atoms with Gasteiger partial charge in [-0.05, 0) is 43.7 Å². The van der Waals surface area contributed by atoms with Gasteiger partial charge in [-0.15, -0.1) is 0 Å². The summed E-state index contributed by atoms with van der Waals surface area (Å²) in [6, 6.07) is 10.2. The predicted octanol–water partition coefficient (Wildman–Crippen LogP) is 4.97. The minimum absolute atomic E-state index is 0.0511. The molecule has 0 heterocycles. The number of halogens is 2. The zero-order chi connectivity index (χ0) is 14.7. The second kappa shape index (κ2) is 6.14. The predicted molar refractivity (Wildman–Crippen MR) is 81.2 cm³/mol.